The number of nitrogens with one attached hydrogen (secondary N) is 1. The molecule has 296 valence electrons. The van der Waals surface area contributed by atoms with E-state index in [1.165, 1.54) is 39.5 Å². The summed E-state index contributed by atoms with van der Waals surface area (Å²) in [4.78, 5) is 30.8. The van der Waals surface area contributed by atoms with Gasteiger partial charge in [-0.1, -0.05) is 65.2 Å². The number of nitrogens with zero attached hydrogens (tertiary/aromatic N) is 5. The molecule has 0 bridgehead atoms. The lowest BCUT2D eigenvalue weighted by Gasteiger charge is -2.33. The molecule has 2 aromatic carbocycles. The molecule has 0 amide bonds. The van der Waals surface area contributed by atoms with Gasteiger partial charge in [0.15, 0.2) is 0 Å². The number of pyridine rings is 2. The molecule has 14 nitrogen and oxygen atoms in total. The van der Waals surface area contributed by atoms with E-state index in [-0.39, 0.29) is 12.5 Å². The van der Waals surface area contributed by atoms with Gasteiger partial charge in [0.1, 0.15) is 0 Å². The molecule has 17 heteroatoms. The van der Waals surface area contributed by atoms with Crippen LogP contribution in [-0.4, -0.2) is 87.8 Å². The number of aromatic nitrogens is 2. The molecule has 4 heterocycles. The SMILES string of the molecule is COC(=O)c1ccc(CBr)nc1.COC(=O)c1ccc(CN(c2ccccc2)S(=O)(=O)N2CCCCC2)nc1.O=S(=O)(Nc1ccccc1)N1CCCCC1. The van der Waals surface area contributed by atoms with E-state index in [1.54, 1.807) is 48.5 Å². The van der Waals surface area contributed by atoms with E-state index in [0.717, 1.165) is 44.2 Å². The fraction of sp³-hybridized carbons (Fsp3) is 0.368. The number of benzene rings is 2. The Morgan fingerprint density at radius 3 is 1.60 bits per heavy atom. The molecule has 2 aliphatic rings. The number of halogens is 1. The summed E-state index contributed by atoms with van der Waals surface area (Å²) in [7, 11) is -4.37. The largest absolute Gasteiger partial charge is 0.465 e. The monoisotopic (exact) mass is 858 g/mol. The van der Waals surface area contributed by atoms with E-state index >= 15 is 0 Å². The number of methoxy groups -OCH3 is 2. The van der Waals surface area contributed by atoms with Gasteiger partial charge >= 0.3 is 32.4 Å². The molecule has 6 rings (SSSR count). The number of alkyl halides is 1. The molecule has 0 radical (unpaired) electrons. The lowest BCUT2D eigenvalue weighted by Crippen LogP contribution is -2.46. The molecule has 2 aliphatic heterocycles. The van der Waals surface area contributed by atoms with Crippen molar-refractivity contribution in [2.75, 3.05) is 49.4 Å². The average Bonchev–Trinajstić information content (AvgIpc) is 3.24. The number of carbonyl (C=O) groups excluding carboxylic acids is 2. The van der Waals surface area contributed by atoms with Crippen LogP contribution < -0.4 is 9.03 Å². The van der Waals surface area contributed by atoms with Gasteiger partial charge in [-0.15, -0.1) is 0 Å². The van der Waals surface area contributed by atoms with Crippen LogP contribution in [0.15, 0.2) is 97.3 Å². The average molecular weight is 860 g/mol. The summed E-state index contributed by atoms with van der Waals surface area (Å²) in [5, 5.41) is 0.689. The first kappa shape index (κ1) is 43.3. The predicted octanol–water partition coefficient (Wildman–Crippen LogP) is 6.20. The van der Waals surface area contributed by atoms with Crippen LogP contribution in [0.25, 0.3) is 0 Å². The summed E-state index contributed by atoms with van der Waals surface area (Å²) < 4.78 is 66.7. The molecule has 2 aromatic heterocycles. The number of esters is 2. The number of piperidine rings is 2. The maximum Gasteiger partial charge on any atom is 0.339 e. The number of hydrogen-bond acceptors (Lipinski definition) is 10. The molecule has 0 unspecified atom stereocenters. The van der Waals surface area contributed by atoms with Crippen molar-refractivity contribution in [3.63, 3.8) is 0 Å². The van der Waals surface area contributed by atoms with Gasteiger partial charge < -0.3 is 9.47 Å². The minimum absolute atomic E-state index is 0.0876. The molecule has 55 heavy (non-hydrogen) atoms. The summed E-state index contributed by atoms with van der Waals surface area (Å²) in [6, 6.07) is 24.7. The highest BCUT2D eigenvalue weighted by Gasteiger charge is 2.31. The maximum absolute atomic E-state index is 13.3. The quantitative estimate of drug-likeness (QED) is 0.136. The summed E-state index contributed by atoms with van der Waals surface area (Å²) in [5.74, 6) is -0.835. The zero-order valence-electron chi connectivity index (χ0n) is 30.9. The van der Waals surface area contributed by atoms with E-state index < -0.39 is 26.4 Å². The molecule has 4 aromatic rings. The minimum atomic E-state index is -3.67. The third-order valence-corrected chi connectivity index (χ3v) is 12.6. The Morgan fingerprint density at radius 2 is 1.15 bits per heavy atom. The van der Waals surface area contributed by atoms with Crippen LogP contribution in [0.5, 0.6) is 0 Å². The highest BCUT2D eigenvalue weighted by molar-refractivity contribution is 9.08. The predicted molar refractivity (Wildman–Crippen MR) is 215 cm³/mol. The number of anilines is 2. The van der Waals surface area contributed by atoms with Crippen LogP contribution in [0.2, 0.25) is 0 Å². The van der Waals surface area contributed by atoms with E-state index in [2.05, 4.69) is 40.1 Å². The van der Waals surface area contributed by atoms with Gasteiger partial charge in [0, 0.05) is 49.6 Å². The summed E-state index contributed by atoms with van der Waals surface area (Å²) in [6.07, 6.45) is 8.72. The lowest BCUT2D eigenvalue weighted by molar-refractivity contribution is 0.0591. The van der Waals surface area contributed by atoms with Gasteiger partial charge in [0.25, 0.3) is 0 Å². The zero-order chi connectivity index (χ0) is 39.7. The molecule has 2 fully saturated rings. The molecule has 0 atom stereocenters. The number of carbonyl (C=O) groups is 2. The van der Waals surface area contributed by atoms with E-state index in [9.17, 15) is 26.4 Å². The number of ether oxygens (including phenoxy) is 2. The molecule has 0 aliphatic carbocycles. The first-order valence-electron chi connectivity index (χ1n) is 17.8. The van der Waals surface area contributed by atoms with E-state index in [0.29, 0.717) is 59.7 Å². The van der Waals surface area contributed by atoms with Crippen molar-refractivity contribution in [1.29, 1.82) is 0 Å². The van der Waals surface area contributed by atoms with Crippen molar-refractivity contribution in [2.45, 2.75) is 50.4 Å². The Kier molecular flexibility index (Phi) is 17.0. The lowest BCUT2D eigenvalue weighted by atomic mass is 10.2. The van der Waals surface area contributed by atoms with Gasteiger partial charge in [-0.25, -0.2) is 9.59 Å². The fourth-order valence-electron chi connectivity index (χ4n) is 5.61. The number of hydrogen-bond donors (Lipinski definition) is 1. The fourth-order valence-corrected chi connectivity index (χ4v) is 8.92. The second-order valence-corrected chi connectivity index (χ2v) is 16.5. The highest BCUT2D eigenvalue weighted by Crippen LogP contribution is 2.25. The molecule has 2 saturated heterocycles. The second kappa shape index (κ2) is 21.6. The Labute approximate surface area is 332 Å². The van der Waals surface area contributed by atoms with Crippen LogP contribution in [0, 0.1) is 0 Å². The molecule has 0 saturated carbocycles. The number of rotatable bonds is 11. The van der Waals surface area contributed by atoms with Gasteiger partial charge in [0.2, 0.25) is 0 Å². The summed E-state index contributed by atoms with van der Waals surface area (Å²) in [5.41, 5.74) is 3.44. The van der Waals surface area contributed by atoms with Crippen LogP contribution in [0.3, 0.4) is 0 Å². The van der Waals surface area contributed by atoms with Crippen molar-refractivity contribution < 1.29 is 35.9 Å². The molecular formula is C38H47BrN6O8S2. The summed E-state index contributed by atoms with van der Waals surface area (Å²) >= 11 is 3.26. The van der Waals surface area contributed by atoms with Crippen molar-refractivity contribution in [2.24, 2.45) is 0 Å². The standard InChI is InChI=1S/C19H23N3O4S.C11H16N2O2S.C8H8BrNO2/c1-26-19(23)16-10-11-17(20-14-16)15-22(18-8-4-2-5-9-18)27(24,25)21-12-6-3-7-13-21;14-16(15,13-9-5-2-6-10-13)12-11-7-3-1-4-8-11;1-12-8(11)6-2-3-7(4-9)10-5-6/h2,4-5,8-11,14H,3,6-7,12-13,15H2,1H3;1,3-4,7-8,12H,2,5-6,9-10H2;2-3,5H,4H2,1H3. The smallest absolute Gasteiger partial charge is 0.339 e. The van der Waals surface area contributed by atoms with Crippen molar-refractivity contribution >= 4 is 59.7 Å². The Balaban J connectivity index is 0.000000203. The van der Waals surface area contributed by atoms with Crippen LogP contribution >= 0.6 is 15.9 Å². The van der Waals surface area contributed by atoms with Gasteiger partial charge in [-0.05, 0) is 74.2 Å². The van der Waals surface area contributed by atoms with Crippen LogP contribution in [0.4, 0.5) is 11.4 Å². The van der Waals surface area contributed by atoms with Crippen molar-refractivity contribution in [3.8, 4) is 0 Å². The van der Waals surface area contributed by atoms with Gasteiger partial charge in [-0.2, -0.15) is 25.4 Å². The number of para-hydroxylation sites is 2. The maximum atomic E-state index is 13.3. The Bertz CT molecular complexity index is 2000. The van der Waals surface area contributed by atoms with Crippen molar-refractivity contribution in [1.82, 2.24) is 18.6 Å². The molecule has 0 spiro atoms. The second-order valence-electron chi connectivity index (χ2n) is 12.4. The zero-order valence-corrected chi connectivity index (χ0v) is 34.1. The molecular weight excluding hydrogens is 812 g/mol. The van der Waals surface area contributed by atoms with Crippen molar-refractivity contribution in [3.05, 3.63) is 120 Å². The Hall–Kier alpha value is -4.42. The van der Waals surface area contributed by atoms with E-state index in [1.807, 2.05) is 36.4 Å². The first-order chi connectivity index (χ1) is 26.5. The highest BCUT2D eigenvalue weighted by atomic mass is 79.9. The van der Waals surface area contributed by atoms with Gasteiger partial charge in [0.05, 0.1) is 49.0 Å². The van der Waals surface area contributed by atoms with Gasteiger partial charge in [-0.3, -0.25) is 19.0 Å². The topological polar surface area (TPSA) is 168 Å². The summed E-state index contributed by atoms with van der Waals surface area (Å²) in [6.45, 7) is 2.40. The van der Waals surface area contributed by atoms with E-state index in [4.69, 9.17) is 0 Å². The van der Waals surface area contributed by atoms with Crippen LogP contribution in [0.1, 0.15) is 70.6 Å². The Morgan fingerprint density at radius 1 is 0.673 bits per heavy atom. The minimum Gasteiger partial charge on any atom is -0.465 e. The van der Waals surface area contributed by atoms with Crippen LogP contribution in [-0.2, 0) is 41.8 Å². The third kappa shape index (κ3) is 13.1. The normalized spacial score (nSPS) is 14.9. The first-order valence-corrected chi connectivity index (χ1v) is 21.7. The third-order valence-electron chi connectivity index (χ3n) is 8.57. The molecule has 1 N–H and O–H groups in total.